The minimum Gasteiger partial charge on any atom is -0.508 e. The predicted molar refractivity (Wildman–Crippen MR) is 59.9 cm³/mol. The standard InChI is InChI=1S/C11H12ClNO3/c12-7-3-4-13(6-7)11(16)9-5-8(14)1-2-10(9)15/h1-2,5,7,14-15H,3-4,6H2. The largest absolute Gasteiger partial charge is 0.508 e. The summed E-state index contributed by atoms with van der Waals surface area (Å²) in [7, 11) is 0. The van der Waals surface area contributed by atoms with Crippen LogP contribution in [-0.2, 0) is 0 Å². The highest BCUT2D eigenvalue weighted by Crippen LogP contribution is 2.25. The minimum atomic E-state index is -0.295. The Hall–Kier alpha value is -1.42. The predicted octanol–water partition coefficient (Wildman–Crippen LogP) is 1.55. The van der Waals surface area contributed by atoms with E-state index in [2.05, 4.69) is 0 Å². The van der Waals surface area contributed by atoms with E-state index in [0.717, 1.165) is 6.42 Å². The lowest BCUT2D eigenvalue weighted by atomic mass is 10.1. The third kappa shape index (κ3) is 2.07. The first-order chi connectivity index (χ1) is 7.58. The van der Waals surface area contributed by atoms with Gasteiger partial charge in [-0.05, 0) is 24.6 Å². The summed E-state index contributed by atoms with van der Waals surface area (Å²) in [6.45, 7) is 1.07. The van der Waals surface area contributed by atoms with E-state index >= 15 is 0 Å². The summed E-state index contributed by atoms with van der Waals surface area (Å²) in [4.78, 5) is 13.5. The van der Waals surface area contributed by atoms with Crippen LogP contribution in [-0.4, -0.2) is 39.5 Å². The van der Waals surface area contributed by atoms with Gasteiger partial charge in [-0.2, -0.15) is 0 Å². The highest BCUT2D eigenvalue weighted by Gasteiger charge is 2.27. The number of phenolic OH excluding ortho intramolecular Hbond substituents is 2. The van der Waals surface area contributed by atoms with E-state index in [9.17, 15) is 15.0 Å². The molecule has 5 heteroatoms. The van der Waals surface area contributed by atoms with Crippen molar-refractivity contribution in [3.05, 3.63) is 23.8 Å². The Bertz CT molecular complexity index is 422. The SMILES string of the molecule is O=C(c1cc(O)ccc1O)N1CCC(Cl)C1. The van der Waals surface area contributed by atoms with Crippen molar-refractivity contribution in [2.75, 3.05) is 13.1 Å². The fourth-order valence-electron chi connectivity index (χ4n) is 1.77. The van der Waals surface area contributed by atoms with E-state index in [1.165, 1.54) is 18.2 Å². The van der Waals surface area contributed by atoms with Gasteiger partial charge in [-0.3, -0.25) is 4.79 Å². The number of nitrogens with zero attached hydrogens (tertiary/aromatic N) is 1. The van der Waals surface area contributed by atoms with Crippen molar-refractivity contribution in [2.45, 2.75) is 11.8 Å². The van der Waals surface area contributed by atoms with Crippen LogP contribution < -0.4 is 0 Å². The number of carbonyl (C=O) groups excluding carboxylic acids is 1. The molecule has 0 bridgehead atoms. The van der Waals surface area contributed by atoms with Gasteiger partial charge in [0.25, 0.3) is 5.91 Å². The maximum absolute atomic E-state index is 12.0. The van der Waals surface area contributed by atoms with Gasteiger partial charge in [0.15, 0.2) is 0 Å². The minimum absolute atomic E-state index is 0.0246. The number of alkyl halides is 1. The second-order valence-corrected chi connectivity index (χ2v) is 4.46. The van der Waals surface area contributed by atoms with Gasteiger partial charge < -0.3 is 15.1 Å². The quantitative estimate of drug-likeness (QED) is 0.579. The smallest absolute Gasteiger partial charge is 0.257 e. The van der Waals surface area contributed by atoms with Gasteiger partial charge in [-0.25, -0.2) is 0 Å². The fourth-order valence-corrected chi connectivity index (χ4v) is 2.03. The summed E-state index contributed by atoms with van der Waals surface area (Å²) in [6, 6.07) is 3.90. The van der Waals surface area contributed by atoms with Crippen LogP contribution in [0.25, 0.3) is 0 Å². The van der Waals surface area contributed by atoms with Crippen LogP contribution in [0.2, 0.25) is 0 Å². The van der Waals surface area contributed by atoms with E-state index < -0.39 is 0 Å². The molecule has 1 aliphatic heterocycles. The number of hydrogen-bond acceptors (Lipinski definition) is 3. The molecule has 1 saturated heterocycles. The Morgan fingerprint density at radius 3 is 2.81 bits per heavy atom. The number of rotatable bonds is 1. The molecular weight excluding hydrogens is 230 g/mol. The summed E-state index contributed by atoms with van der Waals surface area (Å²) < 4.78 is 0. The van der Waals surface area contributed by atoms with Crippen LogP contribution in [0, 0.1) is 0 Å². The summed E-state index contributed by atoms with van der Waals surface area (Å²) in [5.41, 5.74) is 0.116. The number of halogens is 1. The molecule has 1 unspecified atom stereocenters. The van der Waals surface area contributed by atoms with Gasteiger partial charge in [0, 0.05) is 13.1 Å². The van der Waals surface area contributed by atoms with E-state index in [0.29, 0.717) is 13.1 Å². The van der Waals surface area contributed by atoms with Crippen molar-refractivity contribution < 1.29 is 15.0 Å². The number of carbonyl (C=O) groups is 1. The van der Waals surface area contributed by atoms with Gasteiger partial charge in [0.05, 0.1) is 10.9 Å². The van der Waals surface area contributed by atoms with Gasteiger partial charge >= 0.3 is 0 Å². The lowest BCUT2D eigenvalue weighted by Gasteiger charge is -2.16. The van der Waals surface area contributed by atoms with Crippen molar-refractivity contribution in [2.24, 2.45) is 0 Å². The zero-order valence-corrected chi connectivity index (χ0v) is 9.31. The lowest BCUT2D eigenvalue weighted by molar-refractivity contribution is 0.0789. The maximum Gasteiger partial charge on any atom is 0.257 e. The molecule has 0 radical (unpaired) electrons. The van der Waals surface area contributed by atoms with E-state index in [4.69, 9.17) is 11.6 Å². The zero-order valence-electron chi connectivity index (χ0n) is 8.56. The molecule has 4 nitrogen and oxygen atoms in total. The molecule has 86 valence electrons. The molecule has 0 saturated carbocycles. The number of phenols is 2. The molecule has 0 spiro atoms. The topological polar surface area (TPSA) is 60.8 Å². The Kier molecular flexibility index (Phi) is 2.92. The first kappa shape index (κ1) is 11.1. The summed E-state index contributed by atoms with van der Waals surface area (Å²) in [5.74, 6) is -0.458. The van der Waals surface area contributed by atoms with Crippen LogP contribution in [0.4, 0.5) is 0 Å². The van der Waals surface area contributed by atoms with E-state index in [-0.39, 0.29) is 28.3 Å². The number of aromatic hydroxyl groups is 2. The fraction of sp³-hybridized carbons (Fsp3) is 0.364. The number of likely N-dealkylation sites (tertiary alicyclic amines) is 1. The molecule has 1 aromatic carbocycles. The van der Waals surface area contributed by atoms with Gasteiger partial charge in [-0.1, -0.05) is 0 Å². The molecule has 1 aliphatic rings. The Morgan fingerprint density at radius 1 is 1.44 bits per heavy atom. The Morgan fingerprint density at radius 2 is 2.19 bits per heavy atom. The first-order valence-corrected chi connectivity index (χ1v) is 5.47. The van der Waals surface area contributed by atoms with Crippen LogP contribution in [0.15, 0.2) is 18.2 Å². The average Bonchev–Trinajstić information content (AvgIpc) is 2.67. The van der Waals surface area contributed by atoms with E-state index in [1.54, 1.807) is 4.90 Å². The molecule has 1 heterocycles. The second kappa shape index (κ2) is 4.22. The number of hydrogen-bond donors (Lipinski definition) is 2. The third-order valence-electron chi connectivity index (χ3n) is 2.63. The summed E-state index contributed by atoms with van der Waals surface area (Å²) in [5, 5.41) is 18.8. The Labute approximate surface area is 98.1 Å². The van der Waals surface area contributed by atoms with Crippen LogP contribution in [0.1, 0.15) is 16.8 Å². The molecule has 1 atom stereocenters. The Balaban J connectivity index is 2.23. The second-order valence-electron chi connectivity index (χ2n) is 3.84. The normalized spacial score (nSPS) is 20.1. The first-order valence-electron chi connectivity index (χ1n) is 5.03. The van der Waals surface area contributed by atoms with Crippen molar-refractivity contribution in [1.82, 2.24) is 4.90 Å². The van der Waals surface area contributed by atoms with E-state index in [1.807, 2.05) is 0 Å². The van der Waals surface area contributed by atoms with Crippen molar-refractivity contribution >= 4 is 17.5 Å². The maximum atomic E-state index is 12.0. The highest BCUT2D eigenvalue weighted by atomic mass is 35.5. The molecular formula is C11H12ClNO3. The van der Waals surface area contributed by atoms with Crippen LogP contribution >= 0.6 is 11.6 Å². The lowest BCUT2D eigenvalue weighted by Crippen LogP contribution is -2.28. The monoisotopic (exact) mass is 241 g/mol. The van der Waals surface area contributed by atoms with Crippen molar-refractivity contribution in [3.63, 3.8) is 0 Å². The zero-order chi connectivity index (χ0) is 11.7. The summed E-state index contributed by atoms with van der Waals surface area (Å²) >= 11 is 5.90. The average molecular weight is 242 g/mol. The molecule has 1 fully saturated rings. The van der Waals surface area contributed by atoms with Gasteiger partial charge in [-0.15, -0.1) is 11.6 Å². The molecule has 1 aromatic rings. The van der Waals surface area contributed by atoms with Crippen molar-refractivity contribution in [1.29, 1.82) is 0 Å². The van der Waals surface area contributed by atoms with Crippen LogP contribution in [0.3, 0.4) is 0 Å². The van der Waals surface area contributed by atoms with Gasteiger partial charge in [0.1, 0.15) is 11.5 Å². The van der Waals surface area contributed by atoms with Crippen LogP contribution in [0.5, 0.6) is 11.5 Å². The molecule has 0 aliphatic carbocycles. The molecule has 0 aromatic heterocycles. The molecule has 16 heavy (non-hydrogen) atoms. The number of amides is 1. The highest BCUT2D eigenvalue weighted by molar-refractivity contribution is 6.21. The number of benzene rings is 1. The third-order valence-corrected chi connectivity index (χ3v) is 2.98. The van der Waals surface area contributed by atoms with Crippen molar-refractivity contribution in [3.8, 4) is 11.5 Å². The molecule has 2 N–H and O–H groups in total. The summed E-state index contributed by atoms with van der Waals surface area (Å²) in [6.07, 6.45) is 0.757. The molecule has 2 rings (SSSR count). The van der Waals surface area contributed by atoms with Gasteiger partial charge in [0.2, 0.25) is 0 Å². The molecule has 1 amide bonds.